The van der Waals surface area contributed by atoms with E-state index >= 15 is 0 Å². The van der Waals surface area contributed by atoms with E-state index in [0.717, 1.165) is 0 Å². The highest BCUT2D eigenvalue weighted by Gasteiger charge is 2.20. The molecule has 0 spiro atoms. The van der Waals surface area contributed by atoms with E-state index in [1.807, 2.05) is 20.8 Å². The van der Waals surface area contributed by atoms with Crippen LogP contribution in [0.15, 0.2) is 12.1 Å². The van der Waals surface area contributed by atoms with Crippen molar-refractivity contribution in [1.29, 1.82) is 0 Å². The molecule has 0 aliphatic rings. The zero-order chi connectivity index (χ0) is 12.3. The van der Waals surface area contributed by atoms with Crippen molar-refractivity contribution >= 4 is 23.3 Å². The molecular formula is C11H16ClN3O. The first-order valence-electron chi connectivity index (χ1n) is 5.20. The maximum atomic E-state index is 12.1. The lowest BCUT2D eigenvalue weighted by Crippen LogP contribution is -2.37. The summed E-state index contributed by atoms with van der Waals surface area (Å²) in [7, 11) is 0. The Balaban J connectivity index is 3.08. The fraction of sp³-hybridized carbons (Fsp3) is 0.455. The Bertz CT molecular complexity index is 393. The minimum absolute atomic E-state index is 0.108. The van der Waals surface area contributed by atoms with Crippen LogP contribution in [0.3, 0.4) is 0 Å². The highest BCUT2D eigenvalue weighted by atomic mass is 35.5. The van der Waals surface area contributed by atoms with Gasteiger partial charge in [0.05, 0.1) is 5.02 Å². The Morgan fingerprint density at radius 3 is 2.69 bits per heavy atom. The molecule has 0 bridgehead atoms. The smallest absolute Gasteiger partial charge is 0.274 e. The fourth-order valence-electron chi connectivity index (χ4n) is 1.49. The van der Waals surface area contributed by atoms with Gasteiger partial charge in [-0.2, -0.15) is 0 Å². The molecule has 1 aromatic heterocycles. The van der Waals surface area contributed by atoms with Gasteiger partial charge in [0.1, 0.15) is 11.5 Å². The van der Waals surface area contributed by atoms with E-state index < -0.39 is 0 Å². The summed E-state index contributed by atoms with van der Waals surface area (Å²) in [6.07, 6.45) is 0. The topological polar surface area (TPSA) is 59.2 Å². The largest absolute Gasteiger partial charge is 0.384 e. The highest BCUT2D eigenvalue weighted by Crippen LogP contribution is 2.18. The third-order valence-corrected chi connectivity index (χ3v) is 2.60. The fourth-order valence-corrected chi connectivity index (χ4v) is 1.67. The van der Waals surface area contributed by atoms with E-state index in [-0.39, 0.29) is 17.6 Å². The number of carbonyl (C=O) groups excluding carboxylic acids is 1. The maximum Gasteiger partial charge on any atom is 0.274 e. The summed E-state index contributed by atoms with van der Waals surface area (Å²) in [5, 5.41) is 0.332. The number of pyridine rings is 1. The van der Waals surface area contributed by atoms with Crippen molar-refractivity contribution in [2.45, 2.75) is 26.8 Å². The summed E-state index contributed by atoms with van der Waals surface area (Å²) in [5.41, 5.74) is 5.76. The number of aromatic nitrogens is 1. The molecule has 0 saturated carbocycles. The van der Waals surface area contributed by atoms with Crippen LogP contribution in [-0.4, -0.2) is 28.4 Å². The summed E-state index contributed by atoms with van der Waals surface area (Å²) < 4.78 is 0. The number of nitrogens with two attached hydrogens (primary N) is 1. The van der Waals surface area contributed by atoms with Gasteiger partial charge in [-0.1, -0.05) is 11.6 Å². The van der Waals surface area contributed by atoms with Crippen LogP contribution < -0.4 is 5.73 Å². The van der Waals surface area contributed by atoms with E-state index in [0.29, 0.717) is 17.4 Å². The van der Waals surface area contributed by atoms with Crippen molar-refractivity contribution in [3.8, 4) is 0 Å². The van der Waals surface area contributed by atoms with Gasteiger partial charge in [0.25, 0.3) is 5.91 Å². The minimum Gasteiger partial charge on any atom is -0.384 e. The van der Waals surface area contributed by atoms with Gasteiger partial charge in [-0.3, -0.25) is 4.79 Å². The number of hydrogen-bond acceptors (Lipinski definition) is 3. The third-order valence-electron chi connectivity index (χ3n) is 2.30. The number of amides is 1. The predicted molar refractivity (Wildman–Crippen MR) is 65.5 cm³/mol. The lowest BCUT2D eigenvalue weighted by molar-refractivity contribution is 0.0711. The lowest BCUT2D eigenvalue weighted by atomic mass is 10.2. The standard InChI is InChI=1S/C11H16ClN3O/c1-4-15(7(2)3)11(16)10-8(12)5-6-9(13)14-10/h5-7H,4H2,1-3H3,(H2,13,14). The second-order valence-corrected chi connectivity index (χ2v) is 4.16. The van der Waals surface area contributed by atoms with Crippen molar-refractivity contribution < 1.29 is 4.79 Å². The van der Waals surface area contributed by atoms with Crippen molar-refractivity contribution in [2.75, 3.05) is 12.3 Å². The summed E-state index contributed by atoms with van der Waals surface area (Å²) in [5.74, 6) is 0.113. The molecule has 1 aromatic rings. The molecule has 0 unspecified atom stereocenters. The molecule has 0 aliphatic heterocycles. The number of anilines is 1. The number of halogens is 1. The second-order valence-electron chi connectivity index (χ2n) is 3.75. The van der Waals surface area contributed by atoms with Gasteiger partial charge < -0.3 is 10.6 Å². The Labute approximate surface area is 100 Å². The minimum atomic E-state index is -0.185. The van der Waals surface area contributed by atoms with E-state index in [1.54, 1.807) is 17.0 Å². The summed E-state index contributed by atoms with van der Waals surface area (Å²) in [6, 6.07) is 3.27. The van der Waals surface area contributed by atoms with Crippen molar-refractivity contribution in [3.05, 3.63) is 22.8 Å². The molecular weight excluding hydrogens is 226 g/mol. The number of nitrogens with zero attached hydrogens (tertiary/aromatic N) is 2. The van der Waals surface area contributed by atoms with Crippen LogP contribution in [-0.2, 0) is 0 Å². The van der Waals surface area contributed by atoms with Crippen LogP contribution in [0.25, 0.3) is 0 Å². The molecule has 0 fully saturated rings. The van der Waals surface area contributed by atoms with Crippen LogP contribution in [0.5, 0.6) is 0 Å². The molecule has 1 heterocycles. The SMILES string of the molecule is CCN(C(=O)c1nc(N)ccc1Cl)C(C)C. The van der Waals surface area contributed by atoms with E-state index in [1.165, 1.54) is 0 Å². The van der Waals surface area contributed by atoms with Gasteiger partial charge >= 0.3 is 0 Å². The monoisotopic (exact) mass is 241 g/mol. The van der Waals surface area contributed by atoms with E-state index in [4.69, 9.17) is 17.3 Å². The molecule has 4 nitrogen and oxygen atoms in total. The second kappa shape index (κ2) is 5.16. The predicted octanol–water partition coefficient (Wildman–Crippen LogP) is 2.19. The van der Waals surface area contributed by atoms with Crippen molar-refractivity contribution in [2.24, 2.45) is 0 Å². The number of rotatable bonds is 3. The summed E-state index contributed by atoms with van der Waals surface area (Å²) in [6.45, 7) is 6.42. The number of nitrogen functional groups attached to an aromatic ring is 1. The third kappa shape index (κ3) is 2.64. The quantitative estimate of drug-likeness (QED) is 0.883. The Morgan fingerprint density at radius 2 is 2.19 bits per heavy atom. The first-order valence-corrected chi connectivity index (χ1v) is 5.58. The molecule has 88 valence electrons. The molecule has 2 N–H and O–H groups in total. The van der Waals surface area contributed by atoms with E-state index in [9.17, 15) is 4.79 Å². The van der Waals surface area contributed by atoms with Gasteiger partial charge in [0.2, 0.25) is 0 Å². The van der Waals surface area contributed by atoms with Gasteiger partial charge in [-0.25, -0.2) is 4.98 Å². The van der Waals surface area contributed by atoms with Crippen LogP contribution in [0.4, 0.5) is 5.82 Å². The molecule has 0 aliphatic carbocycles. The number of hydrogen-bond donors (Lipinski definition) is 1. The average Bonchev–Trinajstić information content (AvgIpc) is 2.22. The Hall–Kier alpha value is -1.29. The molecule has 0 atom stereocenters. The van der Waals surface area contributed by atoms with Gasteiger partial charge in [0, 0.05) is 12.6 Å². The molecule has 16 heavy (non-hydrogen) atoms. The van der Waals surface area contributed by atoms with Crippen molar-refractivity contribution in [1.82, 2.24) is 9.88 Å². The highest BCUT2D eigenvalue weighted by molar-refractivity contribution is 6.33. The first-order chi connectivity index (χ1) is 7.47. The van der Waals surface area contributed by atoms with Gasteiger partial charge in [-0.15, -0.1) is 0 Å². The van der Waals surface area contributed by atoms with Gasteiger partial charge in [-0.05, 0) is 32.9 Å². The maximum absolute atomic E-state index is 12.1. The molecule has 1 rings (SSSR count). The number of carbonyl (C=O) groups is 1. The normalized spacial score (nSPS) is 10.6. The Kier molecular flexibility index (Phi) is 4.12. The van der Waals surface area contributed by atoms with Crippen molar-refractivity contribution in [3.63, 3.8) is 0 Å². The molecule has 1 amide bonds. The molecule has 5 heteroatoms. The van der Waals surface area contributed by atoms with Crippen LogP contribution >= 0.6 is 11.6 Å². The lowest BCUT2D eigenvalue weighted by Gasteiger charge is -2.25. The average molecular weight is 242 g/mol. The van der Waals surface area contributed by atoms with Crippen LogP contribution in [0, 0.1) is 0 Å². The molecule has 0 aromatic carbocycles. The van der Waals surface area contributed by atoms with Crippen LogP contribution in [0.2, 0.25) is 5.02 Å². The zero-order valence-corrected chi connectivity index (χ0v) is 10.5. The Morgan fingerprint density at radius 1 is 1.56 bits per heavy atom. The molecule has 0 radical (unpaired) electrons. The first kappa shape index (κ1) is 12.8. The summed E-state index contributed by atoms with van der Waals surface area (Å²) >= 11 is 5.93. The van der Waals surface area contributed by atoms with Gasteiger partial charge in [0.15, 0.2) is 0 Å². The summed E-state index contributed by atoms with van der Waals surface area (Å²) in [4.78, 5) is 17.8. The van der Waals surface area contributed by atoms with E-state index in [2.05, 4.69) is 4.98 Å². The zero-order valence-electron chi connectivity index (χ0n) is 9.70. The van der Waals surface area contributed by atoms with Crippen LogP contribution in [0.1, 0.15) is 31.3 Å². The molecule has 0 saturated heterocycles.